The average Bonchev–Trinajstić information content (AvgIpc) is 2.83. The summed E-state index contributed by atoms with van der Waals surface area (Å²) in [5.74, 6) is 0.758. The van der Waals surface area contributed by atoms with Crippen LogP contribution >= 0.6 is 15.9 Å². The van der Waals surface area contributed by atoms with Gasteiger partial charge < -0.3 is 4.74 Å². The molecule has 2 fully saturated rings. The summed E-state index contributed by atoms with van der Waals surface area (Å²) >= 11 is 3.84. The van der Waals surface area contributed by atoms with E-state index in [1.165, 1.54) is 18.5 Å². The number of alkyl halides is 1. The van der Waals surface area contributed by atoms with E-state index in [-0.39, 0.29) is 0 Å². The molecule has 4 atom stereocenters. The maximum atomic E-state index is 5.61. The zero-order valence-corrected chi connectivity index (χ0v) is 11.6. The summed E-state index contributed by atoms with van der Waals surface area (Å²) in [6.07, 6.45) is 1.62. The standard InChI is InChI=1S/C14H18BrNO/c1-17-12-7-11-9-16(14(12)13(11)15)8-10-5-3-2-4-6-10/h2-6,11-14H,7-9H2,1H3/t11-,12+,13-,14+/m0/s1. The van der Waals surface area contributed by atoms with E-state index in [4.69, 9.17) is 4.74 Å². The van der Waals surface area contributed by atoms with Crippen LogP contribution in [0.25, 0.3) is 0 Å². The Balaban J connectivity index is 1.73. The highest BCUT2D eigenvalue weighted by Crippen LogP contribution is 2.44. The molecule has 0 amide bonds. The number of fused-ring (bicyclic) bond motifs is 2. The van der Waals surface area contributed by atoms with E-state index in [9.17, 15) is 0 Å². The second-order valence-corrected chi connectivity index (χ2v) is 6.18. The zero-order chi connectivity index (χ0) is 11.8. The molecule has 1 aromatic carbocycles. The number of hydrogen-bond donors (Lipinski definition) is 0. The summed E-state index contributed by atoms with van der Waals surface area (Å²) < 4.78 is 5.61. The topological polar surface area (TPSA) is 12.5 Å². The van der Waals surface area contributed by atoms with Gasteiger partial charge in [0, 0.05) is 31.1 Å². The molecular weight excluding hydrogens is 278 g/mol. The van der Waals surface area contributed by atoms with Gasteiger partial charge in [0.2, 0.25) is 0 Å². The molecule has 1 aromatic rings. The smallest absolute Gasteiger partial charge is 0.0741 e. The maximum absolute atomic E-state index is 5.61. The molecule has 0 aromatic heterocycles. The third-order valence-electron chi connectivity index (χ3n) is 4.11. The first-order valence-electron chi connectivity index (χ1n) is 6.24. The maximum Gasteiger partial charge on any atom is 0.0741 e. The lowest BCUT2D eigenvalue weighted by Crippen LogP contribution is -2.42. The van der Waals surface area contributed by atoms with Gasteiger partial charge >= 0.3 is 0 Å². The van der Waals surface area contributed by atoms with E-state index in [2.05, 4.69) is 51.2 Å². The number of piperidine rings is 1. The van der Waals surface area contributed by atoms with E-state index in [0.717, 1.165) is 12.5 Å². The van der Waals surface area contributed by atoms with Crippen LogP contribution in [-0.4, -0.2) is 35.5 Å². The van der Waals surface area contributed by atoms with Crippen molar-refractivity contribution in [2.75, 3.05) is 13.7 Å². The number of likely N-dealkylation sites (tertiary alicyclic amines) is 1. The minimum Gasteiger partial charge on any atom is -0.380 e. The molecule has 2 nitrogen and oxygen atoms in total. The number of halogens is 1. The van der Waals surface area contributed by atoms with Crippen LogP contribution in [0.3, 0.4) is 0 Å². The van der Waals surface area contributed by atoms with E-state index in [1.807, 2.05) is 7.11 Å². The van der Waals surface area contributed by atoms with Crippen LogP contribution in [0.4, 0.5) is 0 Å². The summed E-state index contributed by atoms with van der Waals surface area (Å²) in [5, 5.41) is 0. The van der Waals surface area contributed by atoms with Crippen molar-refractivity contribution < 1.29 is 4.74 Å². The lowest BCUT2D eigenvalue weighted by molar-refractivity contribution is 0.0172. The third kappa shape index (κ3) is 2.05. The van der Waals surface area contributed by atoms with Gasteiger partial charge in [-0.05, 0) is 17.9 Å². The van der Waals surface area contributed by atoms with E-state index < -0.39 is 0 Å². The number of methoxy groups -OCH3 is 1. The van der Waals surface area contributed by atoms with Crippen molar-refractivity contribution in [2.24, 2.45) is 5.92 Å². The molecule has 17 heavy (non-hydrogen) atoms. The van der Waals surface area contributed by atoms with Gasteiger partial charge in [0.25, 0.3) is 0 Å². The molecule has 0 radical (unpaired) electrons. The molecule has 2 bridgehead atoms. The molecule has 3 rings (SSSR count). The molecule has 1 aliphatic heterocycles. The first-order chi connectivity index (χ1) is 8.29. The number of rotatable bonds is 3. The largest absolute Gasteiger partial charge is 0.380 e. The fourth-order valence-electron chi connectivity index (χ4n) is 3.31. The molecule has 3 heteroatoms. The summed E-state index contributed by atoms with van der Waals surface area (Å²) in [7, 11) is 1.84. The van der Waals surface area contributed by atoms with Gasteiger partial charge in [-0.25, -0.2) is 0 Å². The third-order valence-corrected chi connectivity index (χ3v) is 5.40. The Labute approximate surface area is 111 Å². The van der Waals surface area contributed by atoms with Crippen molar-refractivity contribution in [1.29, 1.82) is 0 Å². The highest BCUT2D eigenvalue weighted by Gasteiger charge is 2.51. The number of benzene rings is 1. The molecule has 0 N–H and O–H groups in total. The quantitative estimate of drug-likeness (QED) is 0.795. The Morgan fingerprint density at radius 2 is 2.12 bits per heavy atom. The van der Waals surface area contributed by atoms with Crippen LogP contribution in [0.15, 0.2) is 30.3 Å². The van der Waals surface area contributed by atoms with Crippen LogP contribution in [0.2, 0.25) is 0 Å². The van der Waals surface area contributed by atoms with E-state index in [1.54, 1.807) is 0 Å². The summed E-state index contributed by atoms with van der Waals surface area (Å²) in [6, 6.07) is 11.3. The van der Waals surface area contributed by atoms with Gasteiger partial charge in [-0.1, -0.05) is 46.3 Å². The van der Waals surface area contributed by atoms with Gasteiger partial charge in [0.1, 0.15) is 0 Å². The molecule has 1 heterocycles. The zero-order valence-electron chi connectivity index (χ0n) is 10.1. The van der Waals surface area contributed by atoms with Crippen molar-refractivity contribution in [3.63, 3.8) is 0 Å². The molecule has 1 saturated carbocycles. The highest BCUT2D eigenvalue weighted by atomic mass is 79.9. The van der Waals surface area contributed by atoms with Gasteiger partial charge in [-0.2, -0.15) is 0 Å². The van der Waals surface area contributed by atoms with Crippen LogP contribution in [0, 0.1) is 5.92 Å². The predicted octanol–water partition coefficient (Wildman–Crippen LogP) is 2.67. The Hall–Kier alpha value is -0.380. The van der Waals surface area contributed by atoms with E-state index in [0.29, 0.717) is 17.0 Å². The number of hydrogen-bond acceptors (Lipinski definition) is 2. The lowest BCUT2D eigenvalue weighted by Gasteiger charge is -2.32. The summed E-state index contributed by atoms with van der Waals surface area (Å²) in [5.41, 5.74) is 1.40. The Bertz CT molecular complexity index is 383. The first kappa shape index (κ1) is 11.7. The van der Waals surface area contributed by atoms with Gasteiger partial charge in [0.05, 0.1) is 6.10 Å². The summed E-state index contributed by atoms with van der Waals surface area (Å²) in [4.78, 5) is 3.17. The normalized spacial score (nSPS) is 36.6. The fraction of sp³-hybridized carbons (Fsp3) is 0.571. The fourth-order valence-corrected chi connectivity index (χ4v) is 4.37. The SMILES string of the molecule is CO[C@@H]1C[C@H]2CN(Cc3ccccc3)[C@H]1[C@H]2Br. The monoisotopic (exact) mass is 295 g/mol. The number of nitrogens with zero attached hydrogens (tertiary/aromatic N) is 1. The van der Waals surface area contributed by atoms with Gasteiger partial charge in [-0.3, -0.25) is 4.90 Å². The second-order valence-electron chi connectivity index (χ2n) is 5.12. The highest BCUT2D eigenvalue weighted by molar-refractivity contribution is 9.09. The Morgan fingerprint density at radius 1 is 1.35 bits per heavy atom. The predicted molar refractivity (Wildman–Crippen MR) is 72.3 cm³/mol. The van der Waals surface area contributed by atoms with Crippen LogP contribution in [0.5, 0.6) is 0 Å². The first-order valence-corrected chi connectivity index (χ1v) is 7.16. The average molecular weight is 296 g/mol. The van der Waals surface area contributed by atoms with Crippen LogP contribution < -0.4 is 0 Å². The van der Waals surface area contributed by atoms with E-state index >= 15 is 0 Å². The Morgan fingerprint density at radius 3 is 2.76 bits per heavy atom. The minimum atomic E-state index is 0.404. The Kier molecular flexibility index (Phi) is 3.24. The van der Waals surface area contributed by atoms with Crippen molar-refractivity contribution in [3.05, 3.63) is 35.9 Å². The molecule has 1 aliphatic carbocycles. The molecule has 2 aliphatic rings. The lowest BCUT2D eigenvalue weighted by atomic mass is 10.1. The summed E-state index contributed by atoms with van der Waals surface area (Å²) in [6.45, 7) is 2.25. The van der Waals surface area contributed by atoms with Crippen molar-refractivity contribution in [3.8, 4) is 0 Å². The molecular formula is C14H18BrNO. The second kappa shape index (κ2) is 4.71. The van der Waals surface area contributed by atoms with Gasteiger partial charge in [0.15, 0.2) is 0 Å². The molecule has 0 spiro atoms. The van der Waals surface area contributed by atoms with Crippen LogP contribution in [-0.2, 0) is 11.3 Å². The number of ether oxygens (including phenoxy) is 1. The van der Waals surface area contributed by atoms with Crippen molar-refractivity contribution in [2.45, 2.75) is 29.9 Å². The minimum absolute atomic E-state index is 0.404. The molecule has 0 unspecified atom stereocenters. The van der Waals surface area contributed by atoms with Crippen molar-refractivity contribution >= 4 is 15.9 Å². The van der Waals surface area contributed by atoms with Crippen molar-refractivity contribution in [1.82, 2.24) is 4.90 Å². The molecule has 1 saturated heterocycles. The van der Waals surface area contributed by atoms with Crippen LogP contribution in [0.1, 0.15) is 12.0 Å². The molecule has 92 valence electrons. The van der Waals surface area contributed by atoms with Gasteiger partial charge in [-0.15, -0.1) is 0 Å².